The largest absolute Gasteiger partial charge is 0.338 e. The van der Waals surface area contributed by atoms with E-state index in [4.69, 9.17) is 0 Å². The summed E-state index contributed by atoms with van der Waals surface area (Å²) in [6.07, 6.45) is 7.84. The van der Waals surface area contributed by atoms with Crippen molar-refractivity contribution < 1.29 is 4.79 Å². The lowest BCUT2D eigenvalue weighted by atomic mass is 10.1. The second kappa shape index (κ2) is 9.10. The highest BCUT2D eigenvalue weighted by atomic mass is 32.1. The van der Waals surface area contributed by atoms with Crippen LogP contribution < -0.4 is 5.56 Å². The Bertz CT molecular complexity index is 1010. The Balaban J connectivity index is 1.86. The first-order valence-electron chi connectivity index (χ1n) is 9.73. The number of hydrogen-bond acceptors (Lipinski definition) is 5. The van der Waals surface area contributed by atoms with Gasteiger partial charge in [0.2, 0.25) is 0 Å². The molecule has 0 saturated carbocycles. The number of pyridine rings is 1. The Labute approximate surface area is 168 Å². The van der Waals surface area contributed by atoms with Crippen molar-refractivity contribution in [1.29, 1.82) is 0 Å². The van der Waals surface area contributed by atoms with Gasteiger partial charge in [0.25, 0.3) is 11.5 Å². The van der Waals surface area contributed by atoms with Gasteiger partial charge < -0.3 is 4.90 Å². The van der Waals surface area contributed by atoms with Gasteiger partial charge in [0.1, 0.15) is 4.83 Å². The summed E-state index contributed by atoms with van der Waals surface area (Å²) in [5.74, 6) is -0.0310. The normalized spacial score (nSPS) is 11.1. The highest BCUT2D eigenvalue weighted by Crippen LogP contribution is 2.28. The van der Waals surface area contributed by atoms with Crippen LogP contribution in [0.15, 0.2) is 35.6 Å². The minimum Gasteiger partial charge on any atom is -0.338 e. The lowest BCUT2D eigenvalue weighted by molar-refractivity contribution is 0.0770. The van der Waals surface area contributed by atoms with E-state index in [1.165, 1.54) is 11.3 Å². The minimum atomic E-state index is -0.0499. The van der Waals surface area contributed by atoms with Crippen LogP contribution in [-0.4, -0.2) is 38.4 Å². The molecule has 0 saturated heterocycles. The number of likely N-dealkylation sites (N-methyl/N-ethyl adjacent to an activating group) is 1. The Morgan fingerprint density at radius 1 is 1.25 bits per heavy atom. The van der Waals surface area contributed by atoms with Gasteiger partial charge >= 0.3 is 0 Å². The van der Waals surface area contributed by atoms with Crippen LogP contribution >= 0.6 is 11.3 Å². The number of carbonyl (C=O) groups excluding carboxylic acids is 1. The zero-order valence-corrected chi connectivity index (χ0v) is 17.5. The van der Waals surface area contributed by atoms with Gasteiger partial charge in [-0.05, 0) is 49.9 Å². The van der Waals surface area contributed by atoms with E-state index in [9.17, 15) is 9.59 Å². The van der Waals surface area contributed by atoms with Crippen LogP contribution in [0.5, 0.6) is 0 Å². The van der Waals surface area contributed by atoms with Gasteiger partial charge in [-0.25, -0.2) is 4.98 Å². The number of hydrogen-bond donors (Lipinski definition) is 0. The van der Waals surface area contributed by atoms with E-state index in [2.05, 4.69) is 16.9 Å². The van der Waals surface area contributed by atoms with Gasteiger partial charge in [-0.1, -0.05) is 13.3 Å². The summed E-state index contributed by atoms with van der Waals surface area (Å²) in [7, 11) is 0. The van der Waals surface area contributed by atoms with Gasteiger partial charge in [0, 0.05) is 32.0 Å². The number of nitrogens with zero attached hydrogens (tertiary/aromatic N) is 4. The molecule has 0 bridgehead atoms. The average molecular weight is 399 g/mol. The number of aryl methyl sites for hydroxylation is 2. The Morgan fingerprint density at radius 2 is 2.00 bits per heavy atom. The summed E-state index contributed by atoms with van der Waals surface area (Å²) in [6, 6.07) is 3.93. The van der Waals surface area contributed by atoms with Crippen molar-refractivity contribution in [3.8, 4) is 0 Å². The molecule has 3 heterocycles. The number of thiophene rings is 1. The second-order valence-corrected chi connectivity index (χ2v) is 7.82. The number of fused-ring (bicyclic) bond motifs is 1. The predicted molar refractivity (Wildman–Crippen MR) is 113 cm³/mol. The maximum Gasteiger partial charge on any atom is 0.264 e. The van der Waals surface area contributed by atoms with Crippen LogP contribution in [0.1, 0.15) is 47.5 Å². The quantitative estimate of drug-likeness (QED) is 0.581. The van der Waals surface area contributed by atoms with E-state index < -0.39 is 0 Å². The fourth-order valence-corrected chi connectivity index (χ4v) is 4.32. The summed E-state index contributed by atoms with van der Waals surface area (Å²) in [6.45, 7) is 7.82. The van der Waals surface area contributed by atoms with Gasteiger partial charge in [0.15, 0.2) is 0 Å². The lowest BCUT2D eigenvalue weighted by Crippen LogP contribution is -2.32. The number of amides is 1. The molecular weight excluding hydrogens is 372 g/mol. The number of aromatic nitrogens is 3. The fraction of sp³-hybridized carbons (Fsp3) is 0.429. The Kier molecular flexibility index (Phi) is 6.57. The molecule has 0 aliphatic rings. The highest BCUT2D eigenvalue weighted by Gasteiger charge is 2.23. The average Bonchev–Trinajstić information content (AvgIpc) is 3.06. The molecule has 148 valence electrons. The third kappa shape index (κ3) is 4.14. The first-order valence-corrected chi connectivity index (χ1v) is 10.5. The van der Waals surface area contributed by atoms with Crippen molar-refractivity contribution in [3.05, 3.63) is 57.2 Å². The van der Waals surface area contributed by atoms with E-state index >= 15 is 0 Å². The van der Waals surface area contributed by atoms with E-state index in [-0.39, 0.29) is 11.5 Å². The zero-order chi connectivity index (χ0) is 20.1. The summed E-state index contributed by atoms with van der Waals surface area (Å²) in [5.41, 5.74) is 1.84. The molecule has 0 N–H and O–H groups in total. The molecule has 1 amide bonds. The molecule has 0 spiro atoms. The molecule has 0 radical (unpaired) electrons. The Hall–Kier alpha value is -2.54. The van der Waals surface area contributed by atoms with Crippen LogP contribution in [0.25, 0.3) is 10.2 Å². The lowest BCUT2D eigenvalue weighted by Gasteiger charge is -2.20. The van der Waals surface area contributed by atoms with Crippen LogP contribution in [-0.2, 0) is 13.0 Å². The van der Waals surface area contributed by atoms with Crippen LogP contribution in [0.2, 0.25) is 0 Å². The van der Waals surface area contributed by atoms with Crippen molar-refractivity contribution in [3.63, 3.8) is 0 Å². The molecule has 3 rings (SSSR count). The molecule has 6 nitrogen and oxygen atoms in total. The van der Waals surface area contributed by atoms with Crippen molar-refractivity contribution in [2.24, 2.45) is 0 Å². The smallest absolute Gasteiger partial charge is 0.264 e. The summed E-state index contributed by atoms with van der Waals surface area (Å²) < 4.78 is 1.65. The standard InChI is InChI=1S/C21H26N4O2S/c1-4-6-12-25-14-23-19-17(20(25)26)15(3)18(28-19)21(27)24(5-2)13-9-16-7-10-22-11-8-16/h7-8,10-11,14H,4-6,9,12-13H2,1-3H3. The SMILES string of the molecule is CCCCn1cnc2sc(C(=O)N(CC)CCc3ccncc3)c(C)c2c1=O. The molecular formula is C21H26N4O2S. The number of unbranched alkanes of at least 4 members (excludes halogenated alkanes) is 1. The molecule has 28 heavy (non-hydrogen) atoms. The number of carbonyl (C=O) groups is 1. The maximum atomic E-state index is 13.1. The maximum absolute atomic E-state index is 13.1. The van der Waals surface area contributed by atoms with Gasteiger partial charge in [-0.2, -0.15) is 0 Å². The molecule has 0 aromatic carbocycles. The zero-order valence-electron chi connectivity index (χ0n) is 16.6. The number of rotatable bonds is 8. The minimum absolute atomic E-state index is 0.0310. The van der Waals surface area contributed by atoms with E-state index in [1.807, 2.05) is 30.9 Å². The van der Waals surface area contributed by atoms with E-state index in [1.54, 1.807) is 23.3 Å². The third-order valence-corrected chi connectivity index (χ3v) is 6.14. The summed E-state index contributed by atoms with van der Waals surface area (Å²) >= 11 is 1.32. The molecule has 3 aromatic heterocycles. The highest BCUT2D eigenvalue weighted by molar-refractivity contribution is 7.20. The first kappa shape index (κ1) is 20.2. The summed E-state index contributed by atoms with van der Waals surface area (Å²) in [4.78, 5) is 37.5. The van der Waals surface area contributed by atoms with Crippen molar-refractivity contribution >= 4 is 27.5 Å². The topological polar surface area (TPSA) is 68.1 Å². The predicted octanol–water partition coefficient (Wildman–Crippen LogP) is 3.67. The van der Waals surface area contributed by atoms with Crippen LogP contribution in [0, 0.1) is 6.92 Å². The van der Waals surface area contributed by atoms with Gasteiger partial charge in [-0.15, -0.1) is 11.3 Å². The molecule has 0 unspecified atom stereocenters. The van der Waals surface area contributed by atoms with Crippen LogP contribution in [0.4, 0.5) is 0 Å². The van der Waals surface area contributed by atoms with E-state index in [0.717, 1.165) is 30.4 Å². The molecule has 0 fully saturated rings. The van der Waals surface area contributed by atoms with Crippen molar-refractivity contribution in [2.45, 2.75) is 46.6 Å². The van der Waals surface area contributed by atoms with Crippen molar-refractivity contribution in [2.75, 3.05) is 13.1 Å². The van der Waals surface area contributed by atoms with Crippen LogP contribution in [0.3, 0.4) is 0 Å². The molecule has 0 atom stereocenters. The molecule has 0 aliphatic carbocycles. The first-order chi connectivity index (χ1) is 13.6. The molecule has 0 aliphatic heterocycles. The second-order valence-electron chi connectivity index (χ2n) is 6.82. The summed E-state index contributed by atoms with van der Waals surface area (Å²) in [5, 5.41) is 0.581. The van der Waals surface area contributed by atoms with Crippen molar-refractivity contribution in [1.82, 2.24) is 19.4 Å². The van der Waals surface area contributed by atoms with Gasteiger partial charge in [0.05, 0.1) is 16.6 Å². The van der Waals surface area contributed by atoms with E-state index in [0.29, 0.717) is 34.7 Å². The Morgan fingerprint density at radius 3 is 2.68 bits per heavy atom. The third-order valence-electron chi connectivity index (χ3n) is 4.95. The fourth-order valence-electron chi connectivity index (χ4n) is 3.21. The molecule has 7 heteroatoms. The van der Waals surface area contributed by atoms with Gasteiger partial charge in [-0.3, -0.25) is 19.1 Å². The monoisotopic (exact) mass is 398 g/mol. The molecule has 3 aromatic rings.